The van der Waals surface area contributed by atoms with E-state index in [9.17, 15) is 20.4 Å². The monoisotopic (exact) mass is 704 g/mol. The standard InChI is InChI=1S/2C24H32O2/c1-15-11-21(25)19(23(3,4)5)13-17(15)9-10-18-14-20(24(6,7)8)22(26)12-16(18)2;1-15-11-17(13-19(21(15)25)23(3,4)5)9-10-18-12-16(2)22(26)20(14-18)24(6,7)8/h2*9-14,25-26H,1-8H3. The second kappa shape index (κ2) is 15.3. The summed E-state index contributed by atoms with van der Waals surface area (Å²) in [5.41, 5.74) is 11.5. The number of phenolic OH excluding ortho intramolecular Hbond substituents is 4. The molecule has 0 radical (unpaired) electrons. The van der Waals surface area contributed by atoms with Crippen molar-refractivity contribution in [3.8, 4) is 23.0 Å². The van der Waals surface area contributed by atoms with Crippen LogP contribution in [0, 0.1) is 27.7 Å². The SMILES string of the molecule is Cc1cc(C=Cc2cc(C)c(O)c(C(C)(C)C)c2)cc(C(C)(C)C)c1O.Cc1cc(O)c(C(C)(C)C)cc1C=Cc1cc(C(C)(C)C)c(O)cc1C. The van der Waals surface area contributed by atoms with Gasteiger partial charge < -0.3 is 20.4 Å². The molecule has 4 heteroatoms. The Balaban J connectivity index is 0.000000280. The minimum atomic E-state index is -0.118. The number of hydrogen-bond donors (Lipinski definition) is 4. The molecule has 280 valence electrons. The van der Waals surface area contributed by atoms with Gasteiger partial charge in [-0.2, -0.15) is 0 Å². The molecule has 0 aliphatic carbocycles. The fraction of sp³-hybridized carbons (Fsp3) is 0.417. The maximum atomic E-state index is 10.4. The van der Waals surface area contributed by atoms with Crippen molar-refractivity contribution in [3.63, 3.8) is 0 Å². The average molecular weight is 705 g/mol. The first-order chi connectivity index (χ1) is 23.6. The molecule has 0 saturated heterocycles. The lowest BCUT2D eigenvalue weighted by Gasteiger charge is -2.22. The molecule has 0 aliphatic heterocycles. The summed E-state index contributed by atoms with van der Waals surface area (Å²) in [4.78, 5) is 0. The molecule has 4 nitrogen and oxygen atoms in total. The highest BCUT2D eigenvalue weighted by molar-refractivity contribution is 5.75. The zero-order valence-electron chi connectivity index (χ0n) is 34.7. The molecule has 0 aromatic heterocycles. The number of hydrogen-bond acceptors (Lipinski definition) is 4. The van der Waals surface area contributed by atoms with Crippen molar-refractivity contribution in [2.75, 3.05) is 0 Å². The molecule has 0 bridgehead atoms. The van der Waals surface area contributed by atoms with Crippen molar-refractivity contribution < 1.29 is 20.4 Å². The maximum absolute atomic E-state index is 10.4. The van der Waals surface area contributed by atoms with Gasteiger partial charge in [0.2, 0.25) is 0 Å². The molecule has 0 fully saturated rings. The first-order valence-electron chi connectivity index (χ1n) is 18.3. The molecule has 4 N–H and O–H groups in total. The van der Waals surface area contributed by atoms with E-state index in [1.165, 1.54) is 0 Å². The molecular weight excluding hydrogens is 641 g/mol. The van der Waals surface area contributed by atoms with Crippen LogP contribution in [-0.2, 0) is 21.7 Å². The lowest BCUT2D eigenvalue weighted by Crippen LogP contribution is -2.12. The Kier molecular flexibility index (Phi) is 12.3. The van der Waals surface area contributed by atoms with E-state index in [4.69, 9.17) is 0 Å². The first-order valence-corrected chi connectivity index (χ1v) is 18.3. The van der Waals surface area contributed by atoms with E-state index in [1.54, 1.807) is 0 Å². The van der Waals surface area contributed by atoms with E-state index >= 15 is 0 Å². The zero-order valence-corrected chi connectivity index (χ0v) is 34.7. The van der Waals surface area contributed by atoms with E-state index in [-0.39, 0.29) is 21.7 Å². The Labute approximate surface area is 314 Å². The Morgan fingerprint density at radius 3 is 0.904 bits per heavy atom. The van der Waals surface area contributed by atoms with Crippen molar-refractivity contribution in [1.29, 1.82) is 0 Å². The lowest BCUT2D eigenvalue weighted by atomic mass is 9.83. The van der Waals surface area contributed by atoms with Gasteiger partial charge in [-0.3, -0.25) is 0 Å². The number of benzene rings is 4. The van der Waals surface area contributed by atoms with Crippen LogP contribution in [0.1, 0.15) is 150 Å². The summed E-state index contributed by atoms with van der Waals surface area (Å²) in [5.74, 6) is 1.46. The van der Waals surface area contributed by atoms with Gasteiger partial charge in [0.25, 0.3) is 0 Å². The number of aryl methyl sites for hydroxylation is 4. The molecule has 0 spiro atoms. The molecular formula is C48H64O4. The average Bonchev–Trinajstić information content (AvgIpc) is 2.97. The van der Waals surface area contributed by atoms with E-state index < -0.39 is 0 Å². The van der Waals surface area contributed by atoms with Crippen molar-refractivity contribution in [3.05, 3.63) is 115 Å². The highest BCUT2D eigenvalue weighted by atomic mass is 16.3. The fourth-order valence-electron chi connectivity index (χ4n) is 6.30. The third kappa shape index (κ3) is 10.3. The quantitative estimate of drug-likeness (QED) is 0.159. The zero-order chi connectivity index (χ0) is 39.7. The van der Waals surface area contributed by atoms with Crippen LogP contribution in [0.5, 0.6) is 23.0 Å². The predicted octanol–water partition coefficient (Wildman–Crippen LogP) is 13.0. The minimum absolute atomic E-state index is 0.117. The fourth-order valence-corrected chi connectivity index (χ4v) is 6.30. The van der Waals surface area contributed by atoms with E-state index in [2.05, 4.69) is 132 Å². The molecule has 4 aromatic carbocycles. The van der Waals surface area contributed by atoms with Crippen molar-refractivity contribution in [2.24, 2.45) is 0 Å². The van der Waals surface area contributed by atoms with Gasteiger partial charge in [0.15, 0.2) is 0 Å². The number of rotatable bonds is 4. The predicted molar refractivity (Wildman–Crippen MR) is 224 cm³/mol. The summed E-state index contributed by atoms with van der Waals surface area (Å²) < 4.78 is 0. The highest BCUT2D eigenvalue weighted by Gasteiger charge is 2.23. The molecule has 0 saturated carbocycles. The van der Waals surface area contributed by atoms with Gasteiger partial charge in [0.05, 0.1) is 0 Å². The normalized spacial score (nSPS) is 12.8. The Hall–Kier alpha value is -4.44. The largest absolute Gasteiger partial charge is 0.508 e. The van der Waals surface area contributed by atoms with Crippen molar-refractivity contribution >= 4 is 24.3 Å². The van der Waals surface area contributed by atoms with Crippen LogP contribution in [0.3, 0.4) is 0 Å². The van der Waals surface area contributed by atoms with Crippen LogP contribution in [0.15, 0.2) is 48.5 Å². The van der Waals surface area contributed by atoms with Gasteiger partial charge in [-0.1, -0.05) is 107 Å². The molecule has 52 heavy (non-hydrogen) atoms. The highest BCUT2D eigenvalue weighted by Crippen LogP contribution is 2.38. The van der Waals surface area contributed by atoms with Crippen LogP contribution in [0.25, 0.3) is 24.3 Å². The third-order valence-corrected chi connectivity index (χ3v) is 9.56. The van der Waals surface area contributed by atoms with Crippen molar-refractivity contribution in [1.82, 2.24) is 0 Å². The molecule has 4 rings (SSSR count). The lowest BCUT2D eigenvalue weighted by molar-refractivity contribution is 0.442. The van der Waals surface area contributed by atoms with Gasteiger partial charge in [-0.15, -0.1) is 0 Å². The second-order valence-electron chi connectivity index (χ2n) is 18.6. The number of phenols is 4. The van der Waals surface area contributed by atoms with Crippen LogP contribution >= 0.6 is 0 Å². The topological polar surface area (TPSA) is 80.9 Å². The molecule has 0 aliphatic rings. The van der Waals surface area contributed by atoms with E-state index in [1.807, 2.05) is 52.0 Å². The van der Waals surface area contributed by atoms with Gasteiger partial charge in [0.1, 0.15) is 23.0 Å². The van der Waals surface area contributed by atoms with Gasteiger partial charge in [-0.05, 0) is 154 Å². The van der Waals surface area contributed by atoms with Crippen LogP contribution in [-0.4, -0.2) is 20.4 Å². The maximum Gasteiger partial charge on any atom is 0.122 e. The van der Waals surface area contributed by atoms with Crippen molar-refractivity contribution in [2.45, 2.75) is 132 Å². The smallest absolute Gasteiger partial charge is 0.122 e. The molecule has 0 heterocycles. The first kappa shape index (κ1) is 42.0. The minimum Gasteiger partial charge on any atom is -0.508 e. The summed E-state index contributed by atoms with van der Waals surface area (Å²) in [5, 5.41) is 41.3. The second-order valence-corrected chi connectivity index (χ2v) is 18.6. The van der Waals surface area contributed by atoms with Crippen LogP contribution in [0.2, 0.25) is 0 Å². The molecule has 0 atom stereocenters. The van der Waals surface area contributed by atoms with Crippen LogP contribution < -0.4 is 0 Å². The van der Waals surface area contributed by atoms with E-state index in [0.29, 0.717) is 23.0 Å². The Bertz CT molecular complexity index is 1830. The molecule has 0 amide bonds. The summed E-state index contributed by atoms with van der Waals surface area (Å²) in [6.45, 7) is 33.1. The van der Waals surface area contributed by atoms with Gasteiger partial charge in [-0.25, -0.2) is 0 Å². The molecule has 0 unspecified atom stereocenters. The molecule has 4 aromatic rings. The third-order valence-electron chi connectivity index (χ3n) is 9.56. The summed E-state index contributed by atoms with van der Waals surface area (Å²) in [6, 6.07) is 15.9. The van der Waals surface area contributed by atoms with Gasteiger partial charge >= 0.3 is 0 Å². The van der Waals surface area contributed by atoms with Gasteiger partial charge in [0, 0.05) is 11.1 Å². The number of aromatic hydroxyl groups is 4. The Morgan fingerprint density at radius 2 is 0.635 bits per heavy atom. The van der Waals surface area contributed by atoms with E-state index in [0.717, 1.165) is 66.8 Å². The Morgan fingerprint density at radius 1 is 0.346 bits per heavy atom. The summed E-state index contributed by atoms with van der Waals surface area (Å²) in [6.07, 6.45) is 8.32. The summed E-state index contributed by atoms with van der Waals surface area (Å²) in [7, 11) is 0. The summed E-state index contributed by atoms with van der Waals surface area (Å²) >= 11 is 0. The van der Waals surface area contributed by atoms with Crippen LogP contribution in [0.4, 0.5) is 0 Å².